The summed E-state index contributed by atoms with van der Waals surface area (Å²) >= 11 is 0. The van der Waals surface area contributed by atoms with Crippen molar-refractivity contribution in [1.29, 1.82) is 0 Å². The molecule has 38 heavy (non-hydrogen) atoms. The van der Waals surface area contributed by atoms with Gasteiger partial charge in [0.25, 0.3) is 5.56 Å². The fourth-order valence-electron chi connectivity index (χ4n) is 5.14. The summed E-state index contributed by atoms with van der Waals surface area (Å²) in [5.41, 5.74) is 6.24. The summed E-state index contributed by atoms with van der Waals surface area (Å²) in [4.78, 5) is 18.8. The molecule has 0 unspecified atom stereocenters. The maximum Gasteiger partial charge on any atom is 0.252 e. The lowest BCUT2D eigenvalue weighted by atomic mass is 10.0. The molecule has 5 rings (SSSR count). The number of aromatic amines is 1. The van der Waals surface area contributed by atoms with E-state index in [0.717, 1.165) is 58.4 Å². The van der Waals surface area contributed by atoms with Gasteiger partial charge in [-0.05, 0) is 65.4 Å². The number of aryl methyl sites for hydroxylation is 2. The van der Waals surface area contributed by atoms with Crippen LogP contribution in [0.4, 0.5) is 0 Å². The standard InChI is InChI=1S/C31H34N6O/c1-4-28(30-33-34-35-37(30)20-25-13-9-6-10-14-25)36(18-17-24-11-7-5-8-12-24)21-26-19-27-22(2)15-16-23(3)29(27)32-31(26)38/h5-16,19,28H,4,17-18,20-21H2,1-3H3,(H,32,38)/t28-/m1/s1. The number of tetrazole rings is 1. The van der Waals surface area contributed by atoms with Gasteiger partial charge in [-0.1, -0.05) is 79.7 Å². The van der Waals surface area contributed by atoms with Crippen LogP contribution < -0.4 is 5.56 Å². The summed E-state index contributed by atoms with van der Waals surface area (Å²) in [6, 6.07) is 26.9. The van der Waals surface area contributed by atoms with Gasteiger partial charge in [-0.3, -0.25) is 9.69 Å². The van der Waals surface area contributed by atoms with Crippen LogP contribution in [0.15, 0.2) is 83.7 Å². The van der Waals surface area contributed by atoms with Crippen LogP contribution in [0, 0.1) is 13.8 Å². The van der Waals surface area contributed by atoms with Crippen LogP contribution in [0.5, 0.6) is 0 Å². The first kappa shape index (κ1) is 25.5. The smallest absolute Gasteiger partial charge is 0.252 e. The molecule has 194 valence electrons. The molecule has 0 fully saturated rings. The zero-order chi connectivity index (χ0) is 26.5. The second-order valence-corrected chi connectivity index (χ2v) is 9.92. The molecule has 0 saturated carbocycles. The maximum absolute atomic E-state index is 13.3. The highest BCUT2D eigenvalue weighted by Crippen LogP contribution is 2.26. The molecule has 3 aromatic carbocycles. The van der Waals surface area contributed by atoms with Crippen molar-refractivity contribution in [3.63, 3.8) is 0 Å². The maximum atomic E-state index is 13.3. The van der Waals surface area contributed by atoms with Crippen molar-refractivity contribution in [3.05, 3.63) is 123 Å². The van der Waals surface area contributed by atoms with Gasteiger partial charge in [-0.2, -0.15) is 0 Å². The topological polar surface area (TPSA) is 79.7 Å². The number of hydrogen-bond acceptors (Lipinski definition) is 5. The molecule has 5 aromatic rings. The Labute approximate surface area is 223 Å². The van der Waals surface area contributed by atoms with Gasteiger partial charge in [0.2, 0.25) is 0 Å². The van der Waals surface area contributed by atoms with Crippen molar-refractivity contribution in [1.82, 2.24) is 30.1 Å². The Hall–Kier alpha value is -4.10. The van der Waals surface area contributed by atoms with Gasteiger partial charge in [-0.25, -0.2) is 4.68 Å². The summed E-state index contributed by atoms with van der Waals surface area (Å²) in [5, 5.41) is 13.9. The van der Waals surface area contributed by atoms with Crippen LogP contribution in [0.25, 0.3) is 10.9 Å². The lowest BCUT2D eigenvalue weighted by Gasteiger charge is -2.30. The second kappa shape index (κ2) is 11.5. The second-order valence-electron chi connectivity index (χ2n) is 9.92. The average molecular weight is 507 g/mol. The Morgan fingerprint density at radius 1 is 0.921 bits per heavy atom. The SMILES string of the molecule is CC[C@H](c1nnnn1Cc1ccccc1)N(CCc1ccccc1)Cc1cc2c(C)ccc(C)c2[nH]c1=O. The molecule has 0 spiro atoms. The molecule has 7 heteroatoms. The first-order valence-electron chi connectivity index (χ1n) is 13.2. The van der Waals surface area contributed by atoms with Crippen molar-refractivity contribution >= 4 is 10.9 Å². The number of nitrogens with zero attached hydrogens (tertiary/aromatic N) is 5. The number of fused-ring (bicyclic) bond motifs is 1. The molecule has 1 N–H and O–H groups in total. The quantitative estimate of drug-likeness (QED) is 0.275. The third-order valence-corrected chi connectivity index (χ3v) is 7.28. The third-order valence-electron chi connectivity index (χ3n) is 7.28. The average Bonchev–Trinajstić information content (AvgIpc) is 3.39. The summed E-state index contributed by atoms with van der Waals surface area (Å²) in [5.74, 6) is 0.814. The van der Waals surface area contributed by atoms with E-state index in [1.807, 2.05) is 35.9 Å². The van der Waals surface area contributed by atoms with E-state index >= 15 is 0 Å². The molecule has 0 saturated heterocycles. The van der Waals surface area contributed by atoms with Crippen LogP contribution in [0.2, 0.25) is 0 Å². The lowest BCUT2D eigenvalue weighted by Crippen LogP contribution is -2.34. The van der Waals surface area contributed by atoms with Crippen LogP contribution in [-0.2, 0) is 19.5 Å². The van der Waals surface area contributed by atoms with E-state index in [1.54, 1.807) is 0 Å². The van der Waals surface area contributed by atoms with E-state index in [9.17, 15) is 4.79 Å². The first-order chi connectivity index (χ1) is 18.5. The molecule has 0 amide bonds. The van der Waals surface area contributed by atoms with Crippen molar-refractivity contribution in [2.45, 2.75) is 52.7 Å². The molecular weight excluding hydrogens is 472 g/mol. The Morgan fingerprint density at radius 2 is 1.61 bits per heavy atom. The highest BCUT2D eigenvalue weighted by molar-refractivity contribution is 5.85. The Bertz CT molecular complexity index is 1560. The molecule has 2 heterocycles. The van der Waals surface area contributed by atoms with Crippen LogP contribution in [0.3, 0.4) is 0 Å². The van der Waals surface area contributed by atoms with Gasteiger partial charge in [-0.15, -0.1) is 5.10 Å². The predicted molar refractivity (Wildman–Crippen MR) is 151 cm³/mol. The number of pyridine rings is 1. The number of benzene rings is 3. The lowest BCUT2D eigenvalue weighted by molar-refractivity contribution is 0.172. The number of nitrogens with one attached hydrogen (secondary N) is 1. The minimum absolute atomic E-state index is 0.0466. The minimum atomic E-state index is -0.0499. The number of aromatic nitrogens is 5. The van der Waals surface area contributed by atoms with E-state index in [-0.39, 0.29) is 11.6 Å². The van der Waals surface area contributed by atoms with Crippen LogP contribution in [-0.4, -0.2) is 36.6 Å². The summed E-state index contributed by atoms with van der Waals surface area (Å²) in [7, 11) is 0. The number of hydrogen-bond donors (Lipinski definition) is 1. The normalized spacial score (nSPS) is 12.3. The van der Waals surface area contributed by atoms with Crippen LogP contribution >= 0.6 is 0 Å². The molecular formula is C31H34N6O. The molecule has 0 aliphatic heterocycles. The van der Waals surface area contributed by atoms with Gasteiger partial charge in [0.15, 0.2) is 5.82 Å². The van der Waals surface area contributed by atoms with E-state index in [2.05, 4.69) is 93.9 Å². The third kappa shape index (κ3) is 5.58. The molecule has 0 radical (unpaired) electrons. The van der Waals surface area contributed by atoms with E-state index < -0.39 is 0 Å². The van der Waals surface area contributed by atoms with Crippen molar-refractivity contribution in [2.24, 2.45) is 0 Å². The summed E-state index contributed by atoms with van der Waals surface area (Å²) in [6.07, 6.45) is 1.68. The molecule has 1 atom stereocenters. The molecule has 2 aromatic heterocycles. The van der Waals surface area contributed by atoms with Crippen molar-refractivity contribution in [2.75, 3.05) is 6.54 Å². The van der Waals surface area contributed by atoms with Crippen LogP contribution in [0.1, 0.15) is 53.0 Å². The van der Waals surface area contributed by atoms with Gasteiger partial charge < -0.3 is 4.98 Å². The predicted octanol–water partition coefficient (Wildman–Crippen LogP) is 5.38. The number of rotatable bonds is 10. The fraction of sp³-hybridized carbons (Fsp3) is 0.290. The number of H-pyrrole nitrogens is 1. The zero-order valence-corrected chi connectivity index (χ0v) is 22.3. The van der Waals surface area contributed by atoms with E-state index in [0.29, 0.717) is 13.1 Å². The Morgan fingerprint density at radius 3 is 2.32 bits per heavy atom. The highest BCUT2D eigenvalue weighted by atomic mass is 16.1. The Kier molecular flexibility index (Phi) is 7.75. The monoisotopic (exact) mass is 506 g/mol. The van der Waals surface area contributed by atoms with Gasteiger partial charge in [0.05, 0.1) is 18.1 Å². The molecule has 0 aliphatic carbocycles. The van der Waals surface area contributed by atoms with Gasteiger partial charge in [0.1, 0.15) is 0 Å². The van der Waals surface area contributed by atoms with E-state index in [4.69, 9.17) is 0 Å². The van der Waals surface area contributed by atoms with E-state index in [1.165, 1.54) is 5.56 Å². The largest absolute Gasteiger partial charge is 0.321 e. The summed E-state index contributed by atoms with van der Waals surface area (Å²) < 4.78 is 1.89. The zero-order valence-electron chi connectivity index (χ0n) is 22.3. The highest BCUT2D eigenvalue weighted by Gasteiger charge is 2.26. The van der Waals surface area contributed by atoms with Gasteiger partial charge >= 0.3 is 0 Å². The first-order valence-corrected chi connectivity index (χ1v) is 13.2. The molecule has 0 aliphatic rings. The fourth-order valence-corrected chi connectivity index (χ4v) is 5.14. The van der Waals surface area contributed by atoms with Crippen molar-refractivity contribution in [3.8, 4) is 0 Å². The molecule has 7 nitrogen and oxygen atoms in total. The van der Waals surface area contributed by atoms with Gasteiger partial charge in [0, 0.05) is 24.0 Å². The minimum Gasteiger partial charge on any atom is -0.321 e. The summed E-state index contributed by atoms with van der Waals surface area (Å²) in [6.45, 7) is 8.14. The molecule has 0 bridgehead atoms. The Balaban J connectivity index is 1.50. The van der Waals surface area contributed by atoms with Crippen molar-refractivity contribution < 1.29 is 0 Å².